The van der Waals surface area contributed by atoms with Crippen molar-refractivity contribution in [3.63, 3.8) is 0 Å². The molecule has 25 heavy (non-hydrogen) atoms. The molecule has 0 unspecified atom stereocenters. The summed E-state index contributed by atoms with van der Waals surface area (Å²) in [5.74, 6) is -2.43. The second-order valence-corrected chi connectivity index (χ2v) is 7.29. The summed E-state index contributed by atoms with van der Waals surface area (Å²) in [5, 5.41) is 13.6. The molecule has 1 atom stereocenters. The third-order valence-electron chi connectivity index (χ3n) is 5.21. The number of rotatable bonds is 4. The van der Waals surface area contributed by atoms with Crippen LogP contribution < -0.4 is 10.2 Å². The van der Waals surface area contributed by atoms with E-state index in [9.17, 15) is 18.7 Å². The van der Waals surface area contributed by atoms with Crippen LogP contribution in [0.25, 0.3) is 0 Å². The number of halogens is 2. The van der Waals surface area contributed by atoms with Gasteiger partial charge in [0.05, 0.1) is 5.60 Å². The van der Waals surface area contributed by atoms with Crippen molar-refractivity contribution in [1.29, 1.82) is 0 Å². The third-order valence-corrected chi connectivity index (χ3v) is 5.21. The molecule has 1 aliphatic heterocycles. The second kappa shape index (κ2) is 7.23. The molecule has 1 aliphatic carbocycles. The highest BCUT2D eigenvalue weighted by Gasteiger charge is 2.39. The Kier molecular flexibility index (Phi) is 5.22. The van der Waals surface area contributed by atoms with Crippen molar-refractivity contribution in [2.24, 2.45) is 5.92 Å². The van der Waals surface area contributed by atoms with E-state index >= 15 is 0 Å². The Balaban J connectivity index is 1.52. The largest absolute Gasteiger partial charge is 0.386 e. The van der Waals surface area contributed by atoms with Crippen LogP contribution in [-0.4, -0.2) is 47.2 Å². The zero-order valence-electron chi connectivity index (χ0n) is 14.3. The number of anilines is 1. The Labute approximate surface area is 146 Å². The lowest BCUT2D eigenvalue weighted by Gasteiger charge is -2.40. The zero-order valence-corrected chi connectivity index (χ0v) is 14.3. The van der Waals surface area contributed by atoms with Crippen LogP contribution in [0.5, 0.6) is 0 Å². The van der Waals surface area contributed by atoms with Crippen LogP contribution in [0, 0.1) is 5.92 Å². The first-order valence-corrected chi connectivity index (χ1v) is 8.91. The monoisotopic (exact) mass is 353 g/mol. The summed E-state index contributed by atoms with van der Waals surface area (Å²) in [5.41, 5.74) is -1.02. The van der Waals surface area contributed by atoms with E-state index in [-0.39, 0.29) is 44.1 Å². The summed E-state index contributed by atoms with van der Waals surface area (Å²) in [7, 11) is 0. The summed E-state index contributed by atoms with van der Waals surface area (Å²) in [4.78, 5) is 18.6. The lowest BCUT2D eigenvalue weighted by molar-refractivity contribution is -0.130. The molecule has 2 aliphatic rings. The molecule has 1 saturated heterocycles. The molecule has 2 N–H and O–H groups in total. The first-order chi connectivity index (χ1) is 11.9. The summed E-state index contributed by atoms with van der Waals surface area (Å²) >= 11 is 0. The van der Waals surface area contributed by atoms with Crippen molar-refractivity contribution in [2.75, 3.05) is 24.5 Å². The van der Waals surface area contributed by atoms with Gasteiger partial charge in [0.2, 0.25) is 11.8 Å². The molecule has 1 amide bonds. The first-order valence-electron chi connectivity index (χ1n) is 8.91. The van der Waals surface area contributed by atoms with Crippen molar-refractivity contribution < 1.29 is 18.7 Å². The third kappa shape index (κ3) is 4.66. The molecule has 5 nitrogen and oxygen atoms in total. The van der Waals surface area contributed by atoms with Gasteiger partial charge >= 0.3 is 0 Å². The van der Waals surface area contributed by atoms with Crippen LogP contribution >= 0.6 is 0 Å². The van der Waals surface area contributed by atoms with Crippen LogP contribution in [0.4, 0.5) is 14.6 Å². The lowest BCUT2D eigenvalue weighted by Crippen LogP contribution is -2.55. The maximum absolute atomic E-state index is 13.2. The normalized spacial score (nSPS) is 27.1. The quantitative estimate of drug-likeness (QED) is 0.872. The number of hydrogen-bond donors (Lipinski definition) is 2. The standard InChI is InChI=1S/C18H25F2N3O2/c19-18(20)8-5-14(6-9-18)16(24)22-12-17(25)7-3-11-23(13-17)15-4-1-2-10-21-15/h1-2,4,10,14,25H,3,5-9,11-13H2,(H,22,24)/t17-/m1/s1. The van der Waals surface area contributed by atoms with Crippen molar-refractivity contribution in [2.45, 2.75) is 50.0 Å². The molecule has 0 bridgehead atoms. The average molecular weight is 353 g/mol. The molecule has 3 rings (SSSR count). The fraction of sp³-hybridized carbons (Fsp3) is 0.667. The molecule has 0 aromatic carbocycles. The van der Waals surface area contributed by atoms with Gasteiger partial charge in [0.15, 0.2) is 0 Å². The van der Waals surface area contributed by atoms with Gasteiger partial charge in [-0.05, 0) is 37.8 Å². The smallest absolute Gasteiger partial charge is 0.248 e. The molecule has 2 heterocycles. The number of piperidine rings is 1. The van der Waals surface area contributed by atoms with Gasteiger partial charge in [-0.1, -0.05) is 6.07 Å². The van der Waals surface area contributed by atoms with Gasteiger partial charge in [-0.3, -0.25) is 4.79 Å². The molecule has 1 aromatic heterocycles. The van der Waals surface area contributed by atoms with Crippen molar-refractivity contribution >= 4 is 11.7 Å². The molecule has 2 fully saturated rings. The van der Waals surface area contributed by atoms with Gasteiger partial charge in [-0.2, -0.15) is 0 Å². The Hall–Kier alpha value is -1.76. The number of carbonyl (C=O) groups is 1. The fourth-order valence-electron chi connectivity index (χ4n) is 3.69. The van der Waals surface area contributed by atoms with Gasteiger partial charge in [0.1, 0.15) is 5.82 Å². The summed E-state index contributed by atoms with van der Waals surface area (Å²) in [6, 6.07) is 5.64. The number of pyridine rings is 1. The van der Waals surface area contributed by atoms with E-state index in [1.165, 1.54) is 0 Å². The SMILES string of the molecule is O=C(NC[C@]1(O)CCCN(c2ccccn2)C1)C1CCC(F)(F)CC1. The van der Waals surface area contributed by atoms with Gasteiger partial charge in [-0.15, -0.1) is 0 Å². The van der Waals surface area contributed by atoms with Gasteiger partial charge in [0, 0.05) is 44.6 Å². The van der Waals surface area contributed by atoms with E-state index in [0.717, 1.165) is 18.8 Å². The van der Waals surface area contributed by atoms with Crippen molar-refractivity contribution in [3.05, 3.63) is 24.4 Å². The molecular weight excluding hydrogens is 328 g/mol. The van der Waals surface area contributed by atoms with Crippen LogP contribution in [0.2, 0.25) is 0 Å². The molecular formula is C18H25F2N3O2. The molecule has 0 spiro atoms. The Morgan fingerprint density at radius 2 is 2.08 bits per heavy atom. The van der Waals surface area contributed by atoms with E-state index in [4.69, 9.17) is 0 Å². The minimum atomic E-state index is -2.64. The highest BCUT2D eigenvalue weighted by atomic mass is 19.3. The van der Waals surface area contributed by atoms with Crippen LogP contribution in [-0.2, 0) is 4.79 Å². The maximum Gasteiger partial charge on any atom is 0.248 e. The minimum absolute atomic E-state index is 0.141. The Morgan fingerprint density at radius 3 is 2.76 bits per heavy atom. The number of alkyl halides is 2. The topological polar surface area (TPSA) is 65.5 Å². The number of hydrogen-bond acceptors (Lipinski definition) is 4. The average Bonchev–Trinajstić information content (AvgIpc) is 2.60. The predicted octanol–water partition coefficient (Wildman–Crippen LogP) is 2.35. The molecule has 0 radical (unpaired) electrons. The number of aromatic nitrogens is 1. The van der Waals surface area contributed by atoms with E-state index < -0.39 is 11.5 Å². The Morgan fingerprint density at radius 1 is 1.32 bits per heavy atom. The maximum atomic E-state index is 13.2. The van der Waals surface area contributed by atoms with Gasteiger partial charge in [-0.25, -0.2) is 13.8 Å². The van der Waals surface area contributed by atoms with Crippen molar-refractivity contribution in [1.82, 2.24) is 10.3 Å². The number of nitrogens with zero attached hydrogens (tertiary/aromatic N) is 2. The van der Waals surface area contributed by atoms with Gasteiger partial charge < -0.3 is 15.3 Å². The number of amides is 1. The van der Waals surface area contributed by atoms with Gasteiger partial charge in [0.25, 0.3) is 0 Å². The van der Waals surface area contributed by atoms with E-state index in [1.807, 2.05) is 23.1 Å². The summed E-state index contributed by atoms with van der Waals surface area (Å²) in [6.07, 6.45) is 3.06. The molecule has 1 aromatic rings. The van der Waals surface area contributed by atoms with Crippen molar-refractivity contribution in [3.8, 4) is 0 Å². The fourth-order valence-corrected chi connectivity index (χ4v) is 3.69. The lowest BCUT2D eigenvalue weighted by atomic mass is 9.86. The first kappa shape index (κ1) is 18.0. The minimum Gasteiger partial charge on any atom is -0.386 e. The zero-order chi connectivity index (χ0) is 17.9. The highest BCUT2D eigenvalue weighted by molar-refractivity contribution is 5.78. The number of β-amino-alcohol motifs (C(OH)–C–C–N with tert-alkyl or cyclic N) is 1. The van der Waals surface area contributed by atoms with E-state index in [1.54, 1.807) is 6.20 Å². The van der Waals surface area contributed by atoms with Crippen LogP contribution in [0.3, 0.4) is 0 Å². The Bertz CT molecular complexity index is 589. The highest BCUT2D eigenvalue weighted by Crippen LogP contribution is 2.36. The molecule has 138 valence electrons. The molecule has 7 heteroatoms. The number of nitrogens with one attached hydrogen (secondary N) is 1. The second-order valence-electron chi connectivity index (χ2n) is 7.29. The molecule has 1 saturated carbocycles. The van der Waals surface area contributed by atoms with Crippen LogP contribution in [0.15, 0.2) is 24.4 Å². The number of aliphatic hydroxyl groups is 1. The van der Waals surface area contributed by atoms with Crippen LogP contribution in [0.1, 0.15) is 38.5 Å². The number of carbonyl (C=O) groups excluding carboxylic acids is 1. The summed E-state index contributed by atoms with van der Waals surface area (Å²) in [6.45, 7) is 1.35. The van der Waals surface area contributed by atoms with E-state index in [2.05, 4.69) is 10.3 Å². The van der Waals surface area contributed by atoms with E-state index in [0.29, 0.717) is 13.0 Å². The predicted molar refractivity (Wildman–Crippen MR) is 90.5 cm³/mol. The summed E-state index contributed by atoms with van der Waals surface area (Å²) < 4.78 is 26.4.